The van der Waals surface area contributed by atoms with Crippen LogP contribution in [0, 0.1) is 20.8 Å². The molecule has 0 radical (unpaired) electrons. The van der Waals surface area contributed by atoms with Crippen LogP contribution in [0.4, 0.5) is 0 Å². The van der Waals surface area contributed by atoms with Gasteiger partial charge < -0.3 is 0 Å². The molecular formula is C14H14O. The van der Waals surface area contributed by atoms with Crippen LogP contribution in [0.25, 0.3) is 10.8 Å². The highest BCUT2D eigenvalue weighted by Crippen LogP contribution is 2.22. The van der Waals surface area contributed by atoms with Crippen LogP contribution in [0.2, 0.25) is 0 Å². The molecule has 0 amide bonds. The number of rotatable bonds is 1. The van der Waals surface area contributed by atoms with E-state index < -0.39 is 0 Å². The molecule has 1 heteroatoms. The Morgan fingerprint density at radius 3 is 1.80 bits per heavy atom. The number of aryl methyl sites for hydroxylation is 3. The molecule has 0 atom stereocenters. The quantitative estimate of drug-likeness (QED) is 0.640. The van der Waals surface area contributed by atoms with Crippen molar-refractivity contribution in [3.05, 3.63) is 46.5 Å². The van der Waals surface area contributed by atoms with E-state index in [2.05, 4.69) is 32.0 Å². The fourth-order valence-electron chi connectivity index (χ4n) is 1.84. The van der Waals surface area contributed by atoms with Crippen molar-refractivity contribution in [3.63, 3.8) is 0 Å². The summed E-state index contributed by atoms with van der Waals surface area (Å²) in [5, 5.41) is 2.35. The van der Waals surface area contributed by atoms with E-state index >= 15 is 0 Å². The molecule has 2 aromatic rings. The number of hydrogen-bond donors (Lipinski definition) is 0. The highest BCUT2D eigenvalue weighted by molar-refractivity contribution is 5.91. The van der Waals surface area contributed by atoms with Crippen molar-refractivity contribution in [1.82, 2.24) is 0 Å². The number of fused-ring (bicyclic) bond motifs is 1. The number of carbonyl (C=O) groups is 1. The maximum absolute atomic E-state index is 10.8. The molecule has 0 fully saturated rings. The topological polar surface area (TPSA) is 17.1 Å². The summed E-state index contributed by atoms with van der Waals surface area (Å²) >= 11 is 0. The van der Waals surface area contributed by atoms with E-state index in [9.17, 15) is 4.79 Å². The Balaban J connectivity index is 2.82. The van der Waals surface area contributed by atoms with Gasteiger partial charge in [0.05, 0.1) is 0 Å². The minimum absolute atomic E-state index is 0.783. The average molecular weight is 198 g/mol. The van der Waals surface area contributed by atoms with Gasteiger partial charge in [-0.05, 0) is 54.3 Å². The van der Waals surface area contributed by atoms with Crippen LogP contribution in [-0.2, 0) is 0 Å². The van der Waals surface area contributed by atoms with Gasteiger partial charge in [-0.3, -0.25) is 4.79 Å². The summed E-state index contributed by atoms with van der Waals surface area (Å²) in [5.41, 5.74) is 4.38. The molecule has 0 N–H and O–H groups in total. The van der Waals surface area contributed by atoms with Crippen LogP contribution in [0.1, 0.15) is 27.0 Å². The second-order valence-electron chi connectivity index (χ2n) is 4.11. The molecule has 1 nitrogen and oxygen atoms in total. The molecule has 0 spiro atoms. The largest absolute Gasteiger partial charge is 0.298 e. The predicted octanol–water partition coefficient (Wildman–Crippen LogP) is 3.58. The van der Waals surface area contributed by atoms with Crippen LogP contribution in [0.3, 0.4) is 0 Å². The van der Waals surface area contributed by atoms with Gasteiger partial charge in [0, 0.05) is 5.56 Å². The molecule has 2 rings (SSSR count). The van der Waals surface area contributed by atoms with Gasteiger partial charge in [0.25, 0.3) is 0 Å². The van der Waals surface area contributed by atoms with E-state index in [1.165, 1.54) is 16.5 Å². The van der Waals surface area contributed by atoms with E-state index in [1.807, 2.05) is 13.0 Å². The Morgan fingerprint density at radius 2 is 1.27 bits per heavy atom. The lowest BCUT2D eigenvalue weighted by Crippen LogP contribution is -1.88. The number of carbonyl (C=O) groups excluding carboxylic acids is 1. The zero-order valence-electron chi connectivity index (χ0n) is 9.29. The van der Waals surface area contributed by atoms with E-state index in [1.54, 1.807) is 0 Å². The second-order valence-corrected chi connectivity index (χ2v) is 4.11. The third-order valence-electron chi connectivity index (χ3n) is 2.96. The summed E-state index contributed by atoms with van der Waals surface area (Å²) in [7, 11) is 0. The Hall–Kier alpha value is -1.63. The Kier molecular flexibility index (Phi) is 2.31. The van der Waals surface area contributed by atoms with Crippen molar-refractivity contribution in [3.8, 4) is 0 Å². The minimum Gasteiger partial charge on any atom is -0.298 e. The van der Waals surface area contributed by atoms with Crippen molar-refractivity contribution in [2.45, 2.75) is 20.8 Å². The SMILES string of the molecule is Cc1cc2cc(C)c(C=O)cc2cc1C. The Labute approximate surface area is 89.7 Å². The van der Waals surface area contributed by atoms with Gasteiger partial charge in [-0.2, -0.15) is 0 Å². The van der Waals surface area contributed by atoms with Gasteiger partial charge in [0.2, 0.25) is 0 Å². The summed E-state index contributed by atoms with van der Waals surface area (Å²) < 4.78 is 0. The third kappa shape index (κ3) is 1.65. The van der Waals surface area contributed by atoms with Crippen LogP contribution < -0.4 is 0 Å². The third-order valence-corrected chi connectivity index (χ3v) is 2.96. The molecule has 0 aliphatic heterocycles. The zero-order valence-corrected chi connectivity index (χ0v) is 9.29. The van der Waals surface area contributed by atoms with Gasteiger partial charge in [-0.15, -0.1) is 0 Å². The number of hydrogen-bond acceptors (Lipinski definition) is 1. The Bertz CT molecular complexity index is 539. The lowest BCUT2D eigenvalue weighted by atomic mass is 9.98. The summed E-state index contributed by atoms with van der Waals surface area (Å²) in [6.07, 6.45) is 0.921. The summed E-state index contributed by atoms with van der Waals surface area (Å²) in [6, 6.07) is 8.35. The average Bonchev–Trinajstić information content (AvgIpc) is 2.20. The molecule has 0 aromatic heterocycles. The molecule has 0 unspecified atom stereocenters. The molecule has 15 heavy (non-hydrogen) atoms. The van der Waals surface area contributed by atoms with Crippen molar-refractivity contribution in [1.29, 1.82) is 0 Å². The molecular weight excluding hydrogens is 184 g/mol. The summed E-state index contributed by atoms with van der Waals surface area (Å²) in [6.45, 7) is 6.17. The summed E-state index contributed by atoms with van der Waals surface area (Å²) in [5.74, 6) is 0. The van der Waals surface area contributed by atoms with Crippen LogP contribution in [0.15, 0.2) is 24.3 Å². The van der Waals surface area contributed by atoms with E-state index in [4.69, 9.17) is 0 Å². The van der Waals surface area contributed by atoms with Crippen LogP contribution in [0.5, 0.6) is 0 Å². The predicted molar refractivity (Wildman–Crippen MR) is 63.5 cm³/mol. The molecule has 0 bridgehead atoms. The maximum Gasteiger partial charge on any atom is 0.150 e. The van der Waals surface area contributed by atoms with Crippen LogP contribution >= 0.6 is 0 Å². The maximum atomic E-state index is 10.8. The monoisotopic (exact) mass is 198 g/mol. The summed E-state index contributed by atoms with van der Waals surface area (Å²) in [4.78, 5) is 10.8. The van der Waals surface area contributed by atoms with Gasteiger partial charge in [0.15, 0.2) is 0 Å². The van der Waals surface area contributed by atoms with Gasteiger partial charge in [0.1, 0.15) is 6.29 Å². The highest BCUT2D eigenvalue weighted by Gasteiger charge is 2.02. The normalized spacial score (nSPS) is 10.6. The van der Waals surface area contributed by atoms with Gasteiger partial charge in [-0.1, -0.05) is 18.2 Å². The van der Waals surface area contributed by atoms with Crippen molar-refractivity contribution in [2.75, 3.05) is 0 Å². The molecule has 2 aromatic carbocycles. The van der Waals surface area contributed by atoms with Gasteiger partial charge >= 0.3 is 0 Å². The van der Waals surface area contributed by atoms with E-state index in [-0.39, 0.29) is 0 Å². The second kappa shape index (κ2) is 3.50. The highest BCUT2D eigenvalue weighted by atomic mass is 16.1. The van der Waals surface area contributed by atoms with Crippen molar-refractivity contribution < 1.29 is 4.79 Å². The zero-order chi connectivity index (χ0) is 11.0. The van der Waals surface area contributed by atoms with E-state index in [0.717, 1.165) is 22.8 Å². The minimum atomic E-state index is 0.783. The molecule has 76 valence electrons. The molecule has 0 saturated heterocycles. The molecule has 0 heterocycles. The van der Waals surface area contributed by atoms with Crippen molar-refractivity contribution in [2.24, 2.45) is 0 Å². The van der Waals surface area contributed by atoms with Gasteiger partial charge in [-0.25, -0.2) is 0 Å². The fourth-order valence-corrected chi connectivity index (χ4v) is 1.84. The molecule has 0 saturated carbocycles. The Morgan fingerprint density at radius 1 is 0.800 bits per heavy atom. The molecule has 0 aliphatic carbocycles. The van der Waals surface area contributed by atoms with Crippen molar-refractivity contribution >= 4 is 17.1 Å². The standard InChI is InChI=1S/C14H14O/c1-9-4-12-6-11(3)14(8-15)7-13(12)5-10(9)2/h4-8H,1-3H3. The fraction of sp³-hybridized carbons (Fsp3) is 0.214. The molecule has 0 aliphatic rings. The first-order chi connectivity index (χ1) is 7.11. The number of benzene rings is 2. The van der Waals surface area contributed by atoms with E-state index in [0.29, 0.717) is 0 Å². The first kappa shape index (κ1) is 9.91. The lowest BCUT2D eigenvalue weighted by Gasteiger charge is -2.06. The lowest BCUT2D eigenvalue weighted by molar-refractivity contribution is 0.112. The number of aldehydes is 1. The first-order valence-electron chi connectivity index (χ1n) is 5.08. The smallest absolute Gasteiger partial charge is 0.150 e. The van der Waals surface area contributed by atoms with Crippen LogP contribution in [-0.4, -0.2) is 6.29 Å². The first-order valence-corrected chi connectivity index (χ1v) is 5.08.